The monoisotopic (exact) mass is 299 g/mol. The van der Waals surface area contributed by atoms with Crippen molar-refractivity contribution in [2.24, 2.45) is 5.73 Å². The van der Waals surface area contributed by atoms with Crippen molar-refractivity contribution in [3.8, 4) is 0 Å². The predicted molar refractivity (Wildman–Crippen MR) is 63.3 cm³/mol. The second-order valence-corrected chi connectivity index (χ2v) is 4.55. The van der Waals surface area contributed by atoms with Gasteiger partial charge in [-0.2, -0.15) is 0 Å². The summed E-state index contributed by atoms with van der Waals surface area (Å²) < 4.78 is 0. The molecule has 0 spiro atoms. The van der Waals surface area contributed by atoms with Crippen molar-refractivity contribution >= 4 is 5.97 Å². The molecule has 0 aliphatic heterocycles. The summed E-state index contributed by atoms with van der Waals surface area (Å²) in [6, 6.07) is -1.16. The fourth-order valence-corrected chi connectivity index (χ4v) is 1.42. The van der Waals surface area contributed by atoms with Crippen LogP contribution in [0, 0.1) is 0 Å². The maximum Gasteiger partial charge on any atom is 0.323 e. The van der Waals surface area contributed by atoms with Gasteiger partial charge in [0.2, 0.25) is 0 Å². The van der Waals surface area contributed by atoms with Gasteiger partial charge in [-0.1, -0.05) is 0 Å². The van der Waals surface area contributed by atoms with E-state index in [-0.39, 0.29) is 0 Å². The highest BCUT2D eigenvalue weighted by Crippen LogP contribution is 2.20. The van der Waals surface area contributed by atoms with E-state index in [1.165, 1.54) is 6.92 Å². The Morgan fingerprint density at radius 2 is 1.05 bits per heavy atom. The minimum Gasteiger partial charge on any atom is -0.480 e. The van der Waals surface area contributed by atoms with Crippen LogP contribution in [0.3, 0.4) is 0 Å². The summed E-state index contributed by atoms with van der Waals surface area (Å²) in [4.78, 5) is 9.86. The highest BCUT2D eigenvalue weighted by atomic mass is 16.4. The lowest BCUT2D eigenvalue weighted by Crippen LogP contribution is -2.63. The van der Waals surface area contributed by atoms with Gasteiger partial charge in [-0.15, -0.1) is 0 Å². The number of carbonyl (C=O) groups is 1. The Morgan fingerprint density at radius 3 is 1.10 bits per heavy atom. The van der Waals surface area contributed by atoms with E-state index >= 15 is 0 Å². The molecule has 10 N–H and O–H groups in total. The van der Waals surface area contributed by atoms with Crippen LogP contribution in [-0.2, 0) is 4.79 Å². The van der Waals surface area contributed by atoms with Crippen molar-refractivity contribution in [1.82, 2.24) is 0 Å². The molecule has 1 aliphatic carbocycles. The molecular weight excluding hydrogens is 278 g/mol. The van der Waals surface area contributed by atoms with Crippen LogP contribution in [0.4, 0.5) is 0 Å². The number of carboxylic acids is 1. The lowest BCUT2D eigenvalue weighted by molar-refractivity contribution is -0.223. The normalized spacial score (nSPS) is 40.2. The van der Waals surface area contributed by atoms with Crippen LogP contribution in [0.1, 0.15) is 6.92 Å². The topological polar surface area (TPSA) is 205 Å². The second kappa shape index (κ2) is 7.81. The Labute approximate surface area is 114 Å². The van der Waals surface area contributed by atoms with E-state index in [1.54, 1.807) is 0 Å². The third kappa shape index (κ3) is 4.61. The molecule has 120 valence electrons. The lowest BCUT2D eigenvalue weighted by Gasteiger charge is -2.39. The van der Waals surface area contributed by atoms with Crippen LogP contribution in [0.5, 0.6) is 0 Å². The Morgan fingerprint density at radius 1 is 0.850 bits per heavy atom. The number of carboxylic acid groups (broad SMARTS) is 1. The molecule has 0 heterocycles. The molecule has 1 saturated carbocycles. The summed E-state index contributed by atoms with van der Waals surface area (Å²) in [7, 11) is 0. The molecule has 2 atom stereocenters. The molecule has 0 amide bonds. The number of aliphatic hydroxyl groups excluding tert-OH is 7. The van der Waals surface area contributed by atoms with E-state index in [2.05, 4.69) is 0 Å². The summed E-state index contributed by atoms with van der Waals surface area (Å²) in [5, 5.41) is 70.4. The average molecular weight is 299 g/mol. The van der Waals surface area contributed by atoms with Crippen molar-refractivity contribution in [1.29, 1.82) is 0 Å². The fourth-order valence-electron chi connectivity index (χ4n) is 1.42. The Bertz CT molecular complexity index is 255. The molecule has 20 heavy (non-hydrogen) atoms. The van der Waals surface area contributed by atoms with Gasteiger partial charge in [0.25, 0.3) is 0 Å². The van der Waals surface area contributed by atoms with Gasteiger partial charge >= 0.3 is 5.97 Å². The van der Waals surface area contributed by atoms with Crippen molar-refractivity contribution in [3.05, 3.63) is 0 Å². The molecule has 0 bridgehead atoms. The lowest BCUT2D eigenvalue weighted by atomic mass is 9.85. The summed E-state index contributed by atoms with van der Waals surface area (Å²) in [5.41, 5.74) is 4.91. The predicted octanol–water partition coefficient (Wildman–Crippen LogP) is -5.06. The molecule has 10 heteroatoms. The van der Waals surface area contributed by atoms with Crippen molar-refractivity contribution in [2.75, 3.05) is 0 Å². The fraction of sp³-hybridized carbons (Fsp3) is 0.900. The molecular formula is C10H21NO9. The van der Waals surface area contributed by atoms with Gasteiger partial charge in [0.1, 0.15) is 42.7 Å². The second-order valence-electron chi connectivity index (χ2n) is 4.55. The van der Waals surface area contributed by atoms with Gasteiger partial charge in [-0.05, 0) is 6.92 Å². The zero-order valence-corrected chi connectivity index (χ0v) is 10.7. The molecule has 1 fully saturated rings. The van der Waals surface area contributed by atoms with Crippen LogP contribution in [0.15, 0.2) is 0 Å². The van der Waals surface area contributed by atoms with Crippen molar-refractivity contribution < 1.29 is 45.6 Å². The van der Waals surface area contributed by atoms with Gasteiger partial charge < -0.3 is 46.6 Å². The third-order valence-electron chi connectivity index (χ3n) is 2.90. The number of aliphatic hydroxyl groups is 7. The van der Waals surface area contributed by atoms with E-state index in [1.807, 2.05) is 0 Å². The van der Waals surface area contributed by atoms with Crippen LogP contribution in [-0.4, -0.2) is 95.6 Å². The molecule has 10 nitrogen and oxygen atoms in total. The standard InChI is InChI=1S/C6H12O6.C4H9NO3/c7-1-2(8)4(10)6(12)5(11)3(1)9;1-2(6)3(5)4(7)8/h1-12H;2-3,6H,5H2,1H3,(H,7,8). The minimum absolute atomic E-state index is 0.979. The van der Waals surface area contributed by atoms with Crippen LogP contribution < -0.4 is 5.73 Å². The van der Waals surface area contributed by atoms with Crippen LogP contribution >= 0.6 is 0 Å². The number of hydrogen-bond acceptors (Lipinski definition) is 9. The molecule has 0 saturated heterocycles. The summed E-state index contributed by atoms with van der Waals surface area (Å²) in [5.74, 6) is -1.18. The van der Waals surface area contributed by atoms with Gasteiger partial charge in [0.05, 0.1) is 6.10 Å². The van der Waals surface area contributed by atoms with Crippen molar-refractivity contribution in [3.63, 3.8) is 0 Å². The van der Waals surface area contributed by atoms with Gasteiger partial charge in [0, 0.05) is 0 Å². The minimum atomic E-state index is -1.64. The SMILES string of the molecule is CC(O)C(N)C(=O)O.OC1C(O)C(O)C(O)C(O)C1O. The van der Waals surface area contributed by atoms with Crippen LogP contribution in [0.25, 0.3) is 0 Å². The maximum atomic E-state index is 9.86. The van der Waals surface area contributed by atoms with E-state index in [4.69, 9.17) is 46.6 Å². The number of rotatable bonds is 2. The van der Waals surface area contributed by atoms with Gasteiger partial charge in [-0.25, -0.2) is 0 Å². The zero-order chi connectivity index (χ0) is 16.2. The number of hydrogen-bond donors (Lipinski definition) is 9. The van der Waals surface area contributed by atoms with E-state index in [0.717, 1.165) is 0 Å². The highest BCUT2D eigenvalue weighted by Gasteiger charge is 2.47. The Hall–Kier alpha value is -0.850. The molecule has 2 unspecified atom stereocenters. The summed E-state index contributed by atoms with van der Waals surface area (Å²) in [6.07, 6.45) is -10.8. The Kier molecular flexibility index (Phi) is 7.47. The zero-order valence-electron chi connectivity index (χ0n) is 10.7. The van der Waals surface area contributed by atoms with Crippen molar-refractivity contribution in [2.45, 2.75) is 55.7 Å². The van der Waals surface area contributed by atoms with E-state index in [9.17, 15) is 4.79 Å². The number of aliphatic carboxylic acids is 1. The molecule has 1 aliphatic rings. The van der Waals surface area contributed by atoms with Gasteiger partial charge in [-0.3, -0.25) is 4.79 Å². The first kappa shape index (κ1) is 19.1. The molecule has 0 aromatic heterocycles. The molecule has 1 rings (SSSR count). The number of nitrogens with two attached hydrogens (primary N) is 1. The third-order valence-corrected chi connectivity index (χ3v) is 2.90. The summed E-state index contributed by atoms with van der Waals surface area (Å²) >= 11 is 0. The van der Waals surface area contributed by atoms with E-state index in [0.29, 0.717) is 0 Å². The van der Waals surface area contributed by atoms with Crippen LogP contribution in [0.2, 0.25) is 0 Å². The smallest absolute Gasteiger partial charge is 0.323 e. The first-order valence-corrected chi connectivity index (χ1v) is 5.77. The highest BCUT2D eigenvalue weighted by molar-refractivity contribution is 5.73. The molecule has 0 aromatic rings. The molecule has 0 radical (unpaired) electrons. The molecule has 0 aromatic carbocycles. The average Bonchev–Trinajstić information content (AvgIpc) is 2.40. The van der Waals surface area contributed by atoms with E-state index < -0.39 is 54.7 Å². The first-order valence-electron chi connectivity index (χ1n) is 5.77. The quantitative estimate of drug-likeness (QED) is 0.237. The summed E-state index contributed by atoms with van der Waals surface area (Å²) in [6.45, 7) is 1.33. The Balaban J connectivity index is 0.000000396. The largest absolute Gasteiger partial charge is 0.480 e. The maximum absolute atomic E-state index is 9.86. The van der Waals surface area contributed by atoms with Gasteiger partial charge in [0.15, 0.2) is 0 Å². The first-order chi connectivity index (χ1) is 9.02.